The molecule has 10 heteroatoms. The van der Waals surface area contributed by atoms with Crippen molar-refractivity contribution in [2.24, 2.45) is 0 Å². The highest BCUT2D eigenvalue weighted by molar-refractivity contribution is 9.08. The van der Waals surface area contributed by atoms with Crippen LogP contribution in [0.3, 0.4) is 0 Å². The SMILES string of the molecule is O=[N+]([O-])c1cc(CBr)c(C(F)(F)F)c(C(F)(F)F)c1. The number of nitrogens with zero attached hydrogens (tertiary/aromatic N) is 1. The Labute approximate surface area is 110 Å². The number of nitro benzene ring substituents is 1. The van der Waals surface area contributed by atoms with Gasteiger partial charge in [-0.2, -0.15) is 26.3 Å². The summed E-state index contributed by atoms with van der Waals surface area (Å²) in [4.78, 5) is 9.27. The van der Waals surface area contributed by atoms with Crippen molar-refractivity contribution in [2.45, 2.75) is 17.7 Å². The third-order valence-corrected chi connectivity index (χ3v) is 2.75. The fraction of sp³-hybridized carbons (Fsp3) is 0.333. The van der Waals surface area contributed by atoms with Crippen LogP contribution in [0.15, 0.2) is 12.1 Å². The molecule has 106 valence electrons. The van der Waals surface area contributed by atoms with Crippen LogP contribution in [0.4, 0.5) is 32.0 Å². The van der Waals surface area contributed by atoms with Gasteiger partial charge in [-0.1, -0.05) is 15.9 Å². The first-order valence-corrected chi connectivity index (χ1v) is 5.62. The molecule has 0 aliphatic heterocycles. The largest absolute Gasteiger partial charge is 0.417 e. The van der Waals surface area contributed by atoms with Crippen LogP contribution in [0.5, 0.6) is 0 Å². The summed E-state index contributed by atoms with van der Waals surface area (Å²) >= 11 is 2.60. The van der Waals surface area contributed by atoms with Gasteiger partial charge in [-0.15, -0.1) is 0 Å². The molecule has 0 aromatic heterocycles. The van der Waals surface area contributed by atoms with Crippen LogP contribution in [0.2, 0.25) is 0 Å². The molecule has 0 bridgehead atoms. The molecule has 0 fully saturated rings. The summed E-state index contributed by atoms with van der Waals surface area (Å²) in [5, 5.41) is 9.86. The molecule has 0 N–H and O–H groups in total. The highest BCUT2D eigenvalue weighted by Gasteiger charge is 2.45. The molecule has 1 aromatic carbocycles. The van der Waals surface area contributed by atoms with Crippen LogP contribution in [0.25, 0.3) is 0 Å². The van der Waals surface area contributed by atoms with E-state index < -0.39 is 45.0 Å². The van der Waals surface area contributed by atoms with Crippen molar-refractivity contribution in [3.8, 4) is 0 Å². The lowest BCUT2D eigenvalue weighted by atomic mass is 10.00. The average Bonchev–Trinajstić information content (AvgIpc) is 2.24. The van der Waals surface area contributed by atoms with Crippen molar-refractivity contribution in [2.75, 3.05) is 0 Å². The van der Waals surface area contributed by atoms with Crippen molar-refractivity contribution in [3.63, 3.8) is 0 Å². The number of alkyl halides is 7. The van der Waals surface area contributed by atoms with Gasteiger partial charge in [0.1, 0.15) is 0 Å². The van der Waals surface area contributed by atoms with Crippen molar-refractivity contribution >= 4 is 21.6 Å². The zero-order chi connectivity index (χ0) is 15.0. The minimum Gasteiger partial charge on any atom is -0.258 e. The van der Waals surface area contributed by atoms with E-state index in [4.69, 9.17) is 0 Å². The number of hydrogen-bond acceptors (Lipinski definition) is 2. The lowest BCUT2D eigenvalue weighted by Gasteiger charge is -2.18. The van der Waals surface area contributed by atoms with E-state index in [9.17, 15) is 36.5 Å². The lowest BCUT2D eigenvalue weighted by molar-refractivity contribution is -0.385. The van der Waals surface area contributed by atoms with E-state index in [1.807, 2.05) is 0 Å². The Bertz CT molecular complexity index is 511. The molecule has 0 aliphatic carbocycles. The summed E-state index contributed by atoms with van der Waals surface area (Å²) in [7, 11) is 0. The average molecular weight is 352 g/mol. The van der Waals surface area contributed by atoms with Gasteiger partial charge < -0.3 is 0 Å². The van der Waals surface area contributed by atoms with Gasteiger partial charge in [0.2, 0.25) is 0 Å². The Morgan fingerprint density at radius 2 is 1.63 bits per heavy atom. The van der Waals surface area contributed by atoms with E-state index in [-0.39, 0.29) is 6.07 Å². The van der Waals surface area contributed by atoms with Gasteiger partial charge >= 0.3 is 12.4 Å². The van der Waals surface area contributed by atoms with E-state index in [1.54, 1.807) is 0 Å². The van der Waals surface area contributed by atoms with Gasteiger partial charge in [-0.05, 0) is 5.56 Å². The molecule has 0 spiro atoms. The Morgan fingerprint density at radius 1 is 1.11 bits per heavy atom. The predicted molar refractivity (Wildman–Crippen MR) is 55.7 cm³/mol. The van der Waals surface area contributed by atoms with Crippen LogP contribution in [0.1, 0.15) is 16.7 Å². The fourth-order valence-corrected chi connectivity index (χ4v) is 1.90. The summed E-state index contributed by atoms with van der Waals surface area (Å²) < 4.78 is 75.8. The van der Waals surface area contributed by atoms with E-state index in [2.05, 4.69) is 15.9 Å². The number of benzene rings is 1. The summed E-state index contributed by atoms with van der Waals surface area (Å²) in [5.74, 6) is 0. The van der Waals surface area contributed by atoms with Crippen LogP contribution in [-0.4, -0.2) is 4.92 Å². The summed E-state index contributed by atoms with van der Waals surface area (Å²) in [6, 6.07) is 0.349. The Balaban J connectivity index is 3.73. The first kappa shape index (κ1) is 15.7. The molecular weight excluding hydrogens is 348 g/mol. The fourth-order valence-electron chi connectivity index (χ4n) is 1.45. The molecule has 1 aromatic rings. The minimum atomic E-state index is -5.34. The molecule has 19 heavy (non-hydrogen) atoms. The van der Waals surface area contributed by atoms with Gasteiger partial charge in [0.25, 0.3) is 5.69 Å². The first-order valence-electron chi connectivity index (χ1n) is 4.50. The van der Waals surface area contributed by atoms with Crippen LogP contribution in [-0.2, 0) is 17.7 Å². The molecule has 0 aliphatic rings. The number of nitro groups is 1. The van der Waals surface area contributed by atoms with Gasteiger partial charge in [-0.25, -0.2) is 0 Å². The molecule has 0 saturated carbocycles. The first-order chi connectivity index (χ1) is 8.48. The molecule has 0 saturated heterocycles. The highest BCUT2D eigenvalue weighted by Crippen LogP contribution is 2.44. The zero-order valence-electron chi connectivity index (χ0n) is 8.77. The number of hydrogen-bond donors (Lipinski definition) is 0. The van der Waals surface area contributed by atoms with Gasteiger partial charge in [0.15, 0.2) is 0 Å². The number of halogens is 7. The highest BCUT2D eigenvalue weighted by atomic mass is 79.9. The van der Waals surface area contributed by atoms with E-state index in [1.165, 1.54) is 0 Å². The predicted octanol–water partition coefficient (Wildman–Crippen LogP) is 4.53. The Hall–Kier alpha value is -1.32. The van der Waals surface area contributed by atoms with Crippen molar-refractivity contribution < 1.29 is 31.3 Å². The monoisotopic (exact) mass is 351 g/mol. The van der Waals surface area contributed by atoms with Crippen molar-refractivity contribution in [3.05, 3.63) is 38.9 Å². The smallest absolute Gasteiger partial charge is 0.258 e. The third kappa shape index (κ3) is 3.37. The zero-order valence-corrected chi connectivity index (χ0v) is 10.4. The molecule has 1 rings (SSSR count). The topological polar surface area (TPSA) is 43.1 Å². The molecule has 3 nitrogen and oxygen atoms in total. The Morgan fingerprint density at radius 3 is 1.95 bits per heavy atom. The van der Waals surface area contributed by atoms with Crippen LogP contribution >= 0.6 is 15.9 Å². The van der Waals surface area contributed by atoms with Crippen molar-refractivity contribution in [1.29, 1.82) is 0 Å². The second kappa shape index (κ2) is 4.99. The third-order valence-electron chi connectivity index (χ3n) is 2.15. The summed E-state index contributed by atoms with van der Waals surface area (Å²) in [6.07, 6.45) is -10.6. The summed E-state index contributed by atoms with van der Waals surface area (Å²) in [5.41, 5.74) is -5.87. The standard InChI is InChI=1S/C9H4BrF6NO2/c10-3-4-1-5(17(18)19)2-6(8(11,12)13)7(4)9(14,15)16/h1-2H,3H2. The van der Waals surface area contributed by atoms with E-state index in [0.29, 0.717) is 6.07 Å². The van der Waals surface area contributed by atoms with Crippen molar-refractivity contribution in [1.82, 2.24) is 0 Å². The number of rotatable bonds is 2. The molecular formula is C9H4BrF6NO2. The molecule has 0 atom stereocenters. The summed E-state index contributed by atoms with van der Waals surface area (Å²) in [6.45, 7) is 0. The molecule has 0 unspecified atom stereocenters. The van der Waals surface area contributed by atoms with Gasteiger partial charge in [-0.3, -0.25) is 10.1 Å². The molecule has 0 heterocycles. The quantitative estimate of drug-likeness (QED) is 0.340. The minimum absolute atomic E-state index is 0.116. The second-order valence-corrected chi connectivity index (χ2v) is 3.97. The second-order valence-electron chi connectivity index (χ2n) is 3.41. The maximum Gasteiger partial charge on any atom is 0.417 e. The Kier molecular flexibility index (Phi) is 4.13. The van der Waals surface area contributed by atoms with E-state index in [0.717, 1.165) is 0 Å². The van der Waals surface area contributed by atoms with Gasteiger partial charge in [0, 0.05) is 17.5 Å². The van der Waals surface area contributed by atoms with Crippen LogP contribution in [0, 0.1) is 10.1 Å². The maximum atomic E-state index is 12.7. The van der Waals surface area contributed by atoms with Crippen LogP contribution < -0.4 is 0 Å². The lowest BCUT2D eigenvalue weighted by Crippen LogP contribution is -2.19. The van der Waals surface area contributed by atoms with E-state index >= 15 is 0 Å². The molecule has 0 amide bonds. The maximum absolute atomic E-state index is 12.7. The normalized spacial score (nSPS) is 12.6. The number of non-ortho nitro benzene ring substituents is 1. The van der Waals surface area contributed by atoms with Gasteiger partial charge in [0.05, 0.1) is 16.1 Å². The molecule has 0 radical (unpaired) electrons.